The Morgan fingerprint density at radius 2 is 1.80 bits per heavy atom. The molecule has 1 aromatic heterocycles. The Labute approximate surface area is 244 Å². The zero-order chi connectivity index (χ0) is 27.6. The number of piperidine rings is 2. The first-order valence-electron chi connectivity index (χ1n) is 14.5. The predicted octanol–water partition coefficient (Wildman–Crippen LogP) is 4.99. The van der Waals surface area contributed by atoms with E-state index in [2.05, 4.69) is 25.1 Å². The molecule has 40 heavy (non-hydrogen) atoms. The molecular weight excluding hydrogens is 531 g/mol. The second kappa shape index (κ2) is 13.0. The van der Waals surface area contributed by atoms with Crippen LogP contribution in [0.5, 0.6) is 11.5 Å². The van der Waals surface area contributed by atoms with E-state index in [1.165, 1.54) is 56.8 Å². The Bertz CT molecular complexity index is 1130. The molecule has 0 aliphatic carbocycles. The highest BCUT2D eigenvalue weighted by Crippen LogP contribution is 2.45. The number of nitrogens with zero attached hydrogens (tertiary/aromatic N) is 5. The number of benzene rings is 1. The quantitative estimate of drug-likeness (QED) is 0.476. The lowest BCUT2D eigenvalue weighted by molar-refractivity contribution is 0.0634. The van der Waals surface area contributed by atoms with E-state index in [0.717, 1.165) is 51.0 Å². The van der Waals surface area contributed by atoms with Gasteiger partial charge in [0.05, 0.1) is 11.8 Å². The van der Waals surface area contributed by atoms with E-state index < -0.39 is 5.82 Å². The smallest absolute Gasteiger partial charge is 0.258 e. The van der Waals surface area contributed by atoms with Gasteiger partial charge in [0.25, 0.3) is 5.91 Å². The first-order valence-corrected chi connectivity index (χ1v) is 14.5. The molecule has 1 spiro atoms. The number of hydrogen-bond acceptors (Lipinski definition) is 7. The van der Waals surface area contributed by atoms with Crippen LogP contribution < -0.4 is 15.0 Å². The SMILES string of the molecule is CC(C)N(C(=O)c1cc(F)ccc1Oc1cncnc1N1CC2(CCN(CC3CCNCC3)CC2)C1)C(C)C.Cl. The number of nitrogens with one attached hydrogen (secondary N) is 1. The average Bonchev–Trinajstić information content (AvgIpc) is 2.89. The van der Waals surface area contributed by atoms with Crippen molar-refractivity contribution in [3.05, 3.63) is 42.1 Å². The fourth-order valence-electron chi connectivity index (χ4n) is 6.57. The van der Waals surface area contributed by atoms with Gasteiger partial charge in [-0.3, -0.25) is 4.79 Å². The third kappa shape index (κ3) is 6.69. The lowest BCUT2D eigenvalue weighted by Crippen LogP contribution is -2.61. The van der Waals surface area contributed by atoms with Gasteiger partial charge in [-0.2, -0.15) is 0 Å². The number of likely N-dealkylation sites (tertiary alicyclic amines) is 1. The minimum atomic E-state index is -0.473. The zero-order valence-corrected chi connectivity index (χ0v) is 25.1. The van der Waals surface area contributed by atoms with Gasteiger partial charge < -0.3 is 24.8 Å². The van der Waals surface area contributed by atoms with Gasteiger partial charge in [0.1, 0.15) is 17.9 Å². The van der Waals surface area contributed by atoms with Crippen molar-refractivity contribution >= 4 is 24.1 Å². The molecule has 4 heterocycles. The number of carbonyl (C=O) groups is 1. The van der Waals surface area contributed by atoms with E-state index in [4.69, 9.17) is 4.74 Å². The molecule has 3 aliphatic heterocycles. The van der Waals surface area contributed by atoms with E-state index >= 15 is 0 Å². The molecule has 0 unspecified atom stereocenters. The monoisotopic (exact) mass is 574 g/mol. The van der Waals surface area contributed by atoms with E-state index in [0.29, 0.717) is 16.9 Å². The minimum absolute atomic E-state index is 0. The van der Waals surface area contributed by atoms with Gasteiger partial charge in [-0.25, -0.2) is 14.4 Å². The van der Waals surface area contributed by atoms with E-state index in [-0.39, 0.29) is 36.0 Å². The summed E-state index contributed by atoms with van der Waals surface area (Å²) in [5.74, 6) is 1.61. The number of ether oxygens (including phenoxy) is 1. The maximum absolute atomic E-state index is 14.3. The van der Waals surface area contributed by atoms with Gasteiger partial charge >= 0.3 is 0 Å². The molecule has 10 heteroatoms. The Kier molecular flexibility index (Phi) is 9.90. The fourth-order valence-corrected chi connectivity index (χ4v) is 6.57. The molecule has 0 radical (unpaired) electrons. The largest absolute Gasteiger partial charge is 0.451 e. The van der Waals surface area contributed by atoms with Crippen LogP contribution in [-0.2, 0) is 0 Å². The molecule has 2 aromatic rings. The standard InChI is InChI=1S/C30H43FN6O2.ClH/c1-21(2)37(22(3)4)29(38)25-15-24(31)5-6-26(25)39-27-16-33-20-34-28(27)36-18-30(19-36)9-13-35(14-10-30)17-23-7-11-32-12-8-23;/h5-6,15-16,20-23,32H,7-14,17-19H2,1-4H3;1H. The third-order valence-electron chi connectivity index (χ3n) is 8.64. The number of halogens is 2. The predicted molar refractivity (Wildman–Crippen MR) is 158 cm³/mol. The molecule has 0 atom stereocenters. The molecule has 220 valence electrons. The number of anilines is 1. The van der Waals surface area contributed by atoms with E-state index in [1.54, 1.807) is 11.1 Å². The average molecular weight is 575 g/mol. The van der Waals surface area contributed by atoms with Gasteiger partial charge in [0.15, 0.2) is 11.6 Å². The molecule has 8 nitrogen and oxygen atoms in total. The van der Waals surface area contributed by atoms with Crippen LogP contribution in [0.1, 0.15) is 63.7 Å². The molecule has 3 aliphatic rings. The number of aromatic nitrogens is 2. The molecular formula is C30H44ClFN6O2. The first-order chi connectivity index (χ1) is 18.7. The Morgan fingerprint density at radius 1 is 1.12 bits per heavy atom. The summed E-state index contributed by atoms with van der Waals surface area (Å²) in [7, 11) is 0. The maximum Gasteiger partial charge on any atom is 0.258 e. The minimum Gasteiger partial charge on any atom is -0.451 e. The van der Waals surface area contributed by atoms with Crippen molar-refractivity contribution in [2.24, 2.45) is 11.3 Å². The lowest BCUT2D eigenvalue weighted by Gasteiger charge is -2.54. The summed E-state index contributed by atoms with van der Waals surface area (Å²) in [5, 5.41) is 3.47. The summed E-state index contributed by atoms with van der Waals surface area (Å²) < 4.78 is 20.5. The summed E-state index contributed by atoms with van der Waals surface area (Å²) in [6.07, 6.45) is 8.15. The van der Waals surface area contributed by atoms with Crippen LogP contribution in [0.2, 0.25) is 0 Å². The highest BCUT2D eigenvalue weighted by molar-refractivity contribution is 5.97. The van der Waals surface area contributed by atoms with Gasteiger partial charge in [-0.1, -0.05) is 0 Å². The van der Waals surface area contributed by atoms with Crippen LogP contribution in [0, 0.1) is 17.2 Å². The molecule has 0 saturated carbocycles. The van der Waals surface area contributed by atoms with E-state index in [1.807, 2.05) is 27.7 Å². The van der Waals surface area contributed by atoms with Crippen molar-refractivity contribution in [1.82, 2.24) is 25.1 Å². The molecule has 3 saturated heterocycles. The van der Waals surface area contributed by atoms with Crippen LogP contribution in [0.25, 0.3) is 0 Å². The molecule has 5 rings (SSSR count). The van der Waals surface area contributed by atoms with Crippen LogP contribution in [0.3, 0.4) is 0 Å². The van der Waals surface area contributed by atoms with Crippen LogP contribution in [0.15, 0.2) is 30.7 Å². The second-order valence-corrected chi connectivity index (χ2v) is 12.2. The Morgan fingerprint density at radius 3 is 2.45 bits per heavy atom. The summed E-state index contributed by atoms with van der Waals surface area (Å²) in [6.45, 7) is 15.6. The van der Waals surface area contributed by atoms with Gasteiger partial charge in [-0.15, -0.1) is 12.4 Å². The lowest BCUT2D eigenvalue weighted by atomic mass is 9.72. The first kappa shape index (κ1) is 30.5. The molecule has 3 fully saturated rings. The topological polar surface area (TPSA) is 73.8 Å². The highest BCUT2D eigenvalue weighted by Gasteiger charge is 2.46. The Balaban J connectivity index is 0.00000370. The van der Waals surface area contributed by atoms with Crippen LogP contribution >= 0.6 is 12.4 Å². The van der Waals surface area contributed by atoms with Crippen molar-refractivity contribution in [2.75, 3.05) is 50.7 Å². The molecule has 0 bridgehead atoms. The number of hydrogen-bond donors (Lipinski definition) is 1. The maximum atomic E-state index is 14.3. The zero-order valence-electron chi connectivity index (χ0n) is 24.2. The van der Waals surface area contributed by atoms with Crippen LogP contribution in [0.4, 0.5) is 10.2 Å². The van der Waals surface area contributed by atoms with Crippen molar-refractivity contribution < 1.29 is 13.9 Å². The van der Waals surface area contributed by atoms with Crippen molar-refractivity contribution in [3.8, 4) is 11.5 Å². The second-order valence-electron chi connectivity index (χ2n) is 12.2. The number of rotatable bonds is 8. The molecule has 1 aromatic carbocycles. The van der Waals surface area contributed by atoms with Crippen molar-refractivity contribution in [2.45, 2.75) is 65.5 Å². The molecule has 1 N–H and O–H groups in total. The number of amides is 1. The third-order valence-corrected chi connectivity index (χ3v) is 8.64. The molecule has 1 amide bonds. The number of carbonyl (C=O) groups excluding carboxylic acids is 1. The van der Waals surface area contributed by atoms with Gasteiger partial charge in [0, 0.05) is 37.1 Å². The highest BCUT2D eigenvalue weighted by atomic mass is 35.5. The summed E-state index contributed by atoms with van der Waals surface area (Å²) in [4.78, 5) is 28.9. The van der Waals surface area contributed by atoms with Crippen LogP contribution in [-0.4, -0.2) is 83.6 Å². The Hall–Kier alpha value is -2.49. The summed E-state index contributed by atoms with van der Waals surface area (Å²) in [5.41, 5.74) is 0.521. The van der Waals surface area contributed by atoms with Gasteiger partial charge in [-0.05, 0) is 104 Å². The summed E-state index contributed by atoms with van der Waals surface area (Å²) >= 11 is 0. The van der Waals surface area contributed by atoms with Gasteiger partial charge in [0.2, 0.25) is 0 Å². The van der Waals surface area contributed by atoms with Crippen molar-refractivity contribution in [3.63, 3.8) is 0 Å². The van der Waals surface area contributed by atoms with Crippen molar-refractivity contribution in [1.29, 1.82) is 0 Å². The fraction of sp³-hybridized carbons (Fsp3) is 0.633. The normalized spacial score (nSPS) is 19.4. The summed E-state index contributed by atoms with van der Waals surface area (Å²) in [6, 6.07) is 4.03. The van der Waals surface area contributed by atoms with E-state index in [9.17, 15) is 9.18 Å².